The zero-order valence-corrected chi connectivity index (χ0v) is 14.1. The van der Waals surface area contributed by atoms with Crippen molar-refractivity contribution >= 4 is 16.1 Å². The van der Waals surface area contributed by atoms with E-state index in [4.69, 9.17) is 4.74 Å². The van der Waals surface area contributed by atoms with Crippen LogP contribution in [0.4, 0.5) is 0 Å². The van der Waals surface area contributed by atoms with Crippen LogP contribution in [0.15, 0.2) is 35.7 Å². The summed E-state index contributed by atoms with van der Waals surface area (Å²) in [6.45, 7) is 5.46. The van der Waals surface area contributed by atoms with Crippen molar-refractivity contribution in [2.75, 3.05) is 45.9 Å². The van der Waals surface area contributed by atoms with E-state index in [1.165, 1.54) is 5.41 Å². The molecule has 3 rings (SSSR count). The van der Waals surface area contributed by atoms with Crippen LogP contribution in [0, 0.1) is 5.92 Å². The van der Waals surface area contributed by atoms with Crippen LogP contribution in [0.3, 0.4) is 0 Å². The molecule has 0 unspecified atom stereocenters. The van der Waals surface area contributed by atoms with Crippen LogP contribution in [-0.4, -0.2) is 63.6 Å². The highest BCUT2D eigenvalue weighted by atomic mass is 32.2. The van der Waals surface area contributed by atoms with Gasteiger partial charge < -0.3 is 9.64 Å². The van der Waals surface area contributed by atoms with Gasteiger partial charge in [0.25, 0.3) is 0 Å². The molecule has 0 radical (unpaired) electrons. The molecule has 2 saturated heterocycles. The summed E-state index contributed by atoms with van der Waals surface area (Å²) in [5.74, 6) is 0.608. The maximum atomic E-state index is 12.4. The van der Waals surface area contributed by atoms with Gasteiger partial charge in [0.2, 0.25) is 10.0 Å². The molecule has 2 heterocycles. The first-order chi connectivity index (χ1) is 11.1. The maximum absolute atomic E-state index is 12.4. The van der Waals surface area contributed by atoms with E-state index in [0.717, 1.165) is 44.8 Å². The summed E-state index contributed by atoms with van der Waals surface area (Å²) in [6, 6.07) is 9.51. The van der Waals surface area contributed by atoms with Gasteiger partial charge in [0.15, 0.2) is 0 Å². The van der Waals surface area contributed by atoms with Gasteiger partial charge in [-0.1, -0.05) is 30.3 Å². The number of ether oxygens (including phenoxy) is 1. The molecule has 0 spiro atoms. The summed E-state index contributed by atoms with van der Waals surface area (Å²) >= 11 is 0. The summed E-state index contributed by atoms with van der Waals surface area (Å²) in [5, 5.41) is 1.32. The van der Waals surface area contributed by atoms with E-state index < -0.39 is 10.0 Å². The van der Waals surface area contributed by atoms with Gasteiger partial charge in [-0.3, -0.25) is 0 Å². The first-order valence-electron chi connectivity index (χ1n) is 8.17. The summed E-state index contributed by atoms with van der Waals surface area (Å²) in [6.07, 6.45) is 2.79. The highest BCUT2D eigenvalue weighted by molar-refractivity contribution is 7.92. The SMILES string of the molecule is O=S(=O)(/C=C/c1ccccc1)N1CCN(C[C@@H]2CCOC2)CC1. The van der Waals surface area contributed by atoms with Crippen LogP contribution in [0.25, 0.3) is 6.08 Å². The monoisotopic (exact) mass is 336 g/mol. The van der Waals surface area contributed by atoms with Crippen molar-refractivity contribution in [3.63, 3.8) is 0 Å². The summed E-state index contributed by atoms with van der Waals surface area (Å²) in [4.78, 5) is 2.35. The molecule has 23 heavy (non-hydrogen) atoms. The van der Waals surface area contributed by atoms with Crippen LogP contribution in [-0.2, 0) is 14.8 Å². The highest BCUT2D eigenvalue weighted by Gasteiger charge is 2.27. The summed E-state index contributed by atoms with van der Waals surface area (Å²) in [7, 11) is -3.33. The second-order valence-electron chi connectivity index (χ2n) is 6.19. The van der Waals surface area contributed by atoms with Crippen molar-refractivity contribution in [2.24, 2.45) is 5.92 Å². The number of nitrogens with zero attached hydrogens (tertiary/aromatic N) is 2. The molecule has 2 fully saturated rings. The van der Waals surface area contributed by atoms with Gasteiger partial charge >= 0.3 is 0 Å². The quantitative estimate of drug-likeness (QED) is 0.820. The van der Waals surface area contributed by atoms with E-state index in [9.17, 15) is 8.42 Å². The molecule has 0 aromatic heterocycles. The predicted molar refractivity (Wildman–Crippen MR) is 91.3 cm³/mol. The lowest BCUT2D eigenvalue weighted by atomic mass is 10.1. The number of benzene rings is 1. The Labute approximate surface area is 138 Å². The lowest BCUT2D eigenvalue weighted by Crippen LogP contribution is -2.49. The van der Waals surface area contributed by atoms with Crippen LogP contribution in [0.5, 0.6) is 0 Å². The Balaban J connectivity index is 1.52. The molecule has 5 nitrogen and oxygen atoms in total. The van der Waals surface area contributed by atoms with Crippen molar-refractivity contribution in [2.45, 2.75) is 6.42 Å². The first-order valence-corrected chi connectivity index (χ1v) is 9.67. The third kappa shape index (κ3) is 4.64. The van der Waals surface area contributed by atoms with Crippen molar-refractivity contribution < 1.29 is 13.2 Å². The van der Waals surface area contributed by atoms with Crippen molar-refractivity contribution in [3.05, 3.63) is 41.3 Å². The van der Waals surface area contributed by atoms with Gasteiger partial charge in [0.05, 0.1) is 6.61 Å². The van der Waals surface area contributed by atoms with E-state index in [2.05, 4.69) is 4.90 Å². The molecular weight excluding hydrogens is 312 g/mol. The van der Waals surface area contributed by atoms with Crippen molar-refractivity contribution in [1.82, 2.24) is 9.21 Å². The molecule has 2 aliphatic heterocycles. The largest absolute Gasteiger partial charge is 0.381 e. The fraction of sp³-hybridized carbons (Fsp3) is 0.529. The zero-order chi connectivity index (χ0) is 16.1. The first kappa shape index (κ1) is 16.6. The molecule has 0 saturated carbocycles. The number of hydrogen-bond donors (Lipinski definition) is 0. The molecule has 126 valence electrons. The van der Waals surface area contributed by atoms with Crippen molar-refractivity contribution in [3.8, 4) is 0 Å². The second-order valence-corrected chi connectivity index (χ2v) is 8.01. The molecule has 0 bridgehead atoms. The van der Waals surface area contributed by atoms with Gasteiger partial charge in [-0.25, -0.2) is 8.42 Å². The van der Waals surface area contributed by atoms with E-state index >= 15 is 0 Å². The molecule has 1 aromatic rings. The minimum atomic E-state index is -3.33. The lowest BCUT2D eigenvalue weighted by molar-refractivity contribution is 0.144. The average molecular weight is 336 g/mol. The smallest absolute Gasteiger partial charge is 0.236 e. The average Bonchev–Trinajstić information content (AvgIpc) is 3.08. The van der Waals surface area contributed by atoms with E-state index in [0.29, 0.717) is 19.0 Å². The molecule has 0 N–H and O–H groups in total. The predicted octanol–water partition coefficient (Wildman–Crippen LogP) is 1.64. The normalized spacial score (nSPS) is 24.4. The third-order valence-corrected chi connectivity index (χ3v) is 6.03. The Morgan fingerprint density at radius 3 is 2.52 bits per heavy atom. The fourth-order valence-electron chi connectivity index (χ4n) is 3.07. The van der Waals surface area contributed by atoms with Crippen LogP contribution in [0.2, 0.25) is 0 Å². The van der Waals surface area contributed by atoms with Gasteiger partial charge in [-0.15, -0.1) is 0 Å². The molecule has 6 heteroatoms. The molecule has 0 aliphatic carbocycles. The third-order valence-electron chi connectivity index (χ3n) is 4.46. The number of sulfonamides is 1. The Bertz CT molecular complexity index is 616. The Morgan fingerprint density at radius 1 is 1.13 bits per heavy atom. The summed E-state index contributed by atoms with van der Waals surface area (Å²) in [5.41, 5.74) is 0.899. The Morgan fingerprint density at radius 2 is 1.87 bits per heavy atom. The molecule has 0 amide bonds. The maximum Gasteiger partial charge on any atom is 0.236 e. The van der Waals surface area contributed by atoms with Gasteiger partial charge in [-0.2, -0.15) is 4.31 Å². The van der Waals surface area contributed by atoms with Crippen LogP contribution in [0.1, 0.15) is 12.0 Å². The van der Waals surface area contributed by atoms with Crippen LogP contribution < -0.4 is 0 Å². The van der Waals surface area contributed by atoms with E-state index in [1.54, 1.807) is 10.4 Å². The molecule has 1 aromatic carbocycles. The topological polar surface area (TPSA) is 49.9 Å². The highest BCUT2D eigenvalue weighted by Crippen LogP contribution is 2.17. The standard InChI is InChI=1S/C17H24N2O3S/c20-23(21,13-7-16-4-2-1-3-5-16)19-10-8-18(9-11-19)14-17-6-12-22-15-17/h1-5,7,13,17H,6,8-12,14-15H2/b13-7+/t17-/m0/s1. The minimum absolute atomic E-state index is 0.565. The molecule has 2 aliphatic rings. The Kier molecular flexibility index (Phi) is 5.48. The summed E-state index contributed by atoms with van der Waals surface area (Å²) < 4.78 is 31.8. The minimum Gasteiger partial charge on any atom is -0.381 e. The number of hydrogen-bond acceptors (Lipinski definition) is 4. The lowest BCUT2D eigenvalue weighted by Gasteiger charge is -2.34. The number of rotatable bonds is 5. The van der Waals surface area contributed by atoms with E-state index in [1.807, 2.05) is 30.3 Å². The second kappa shape index (κ2) is 7.57. The van der Waals surface area contributed by atoms with Gasteiger partial charge in [-0.05, 0) is 24.0 Å². The van der Waals surface area contributed by atoms with Crippen LogP contribution >= 0.6 is 0 Å². The number of piperazine rings is 1. The fourth-order valence-corrected chi connectivity index (χ4v) is 4.25. The zero-order valence-electron chi connectivity index (χ0n) is 13.3. The Hall–Kier alpha value is -1.21. The van der Waals surface area contributed by atoms with E-state index in [-0.39, 0.29) is 0 Å². The molecule has 1 atom stereocenters. The van der Waals surface area contributed by atoms with Crippen molar-refractivity contribution in [1.29, 1.82) is 0 Å². The van der Waals surface area contributed by atoms with Gasteiger partial charge in [0.1, 0.15) is 0 Å². The molecular formula is C17H24N2O3S. The van der Waals surface area contributed by atoms with Gasteiger partial charge in [0, 0.05) is 44.7 Å².